The lowest BCUT2D eigenvalue weighted by Crippen LogP contribution is -2.51. The van der Waals surface area contributed by atoms with Crippen LogP contribution in [0.2, 0.25) is 0 Å². The topological polar surface area (TPSA) is 41.6 Å². The first-order valence-electron chi connectivity index (χ1n) is 7.97. The number of ether oxygens (including phenoxy) is 1. The Kier molecular flexibility index (Phi) is 4.26. The SMILES string of the molecule is O=C(NCCOCC1CC1)N1CCC[C@@H]2CCC[C@H]21. The molecule has 2 saturated carbocycles. The Labute approximate surface area is 115 Å². The number of fused-ring (bicyclic) bond motifs is 1. The molecular formula is C15H26N2O2. The van der Waals surface area contributed by atoms with E-state index in [9.17, 15) is 4.79 Å². The molecule has 3 rings (SSSR count). The molecule has 2 amide bonds. The molecule has 1 N–H and O–H groups in total. The van der Waals surface area contributed by atoms with Gasteiger partial charge in [-0.2, -0.15) is 0 Å². The number of carbonyl (C=O) groups is 1. The van der Waals surface area contributed by atoms with Crippen LogP contribution in [-0.4, -0.2) is 43.3 Å². The highest BCUT2D eigenvalue weighted by Crippen LogP contribution is 2.36. The molecule has 108 valence electrons. The van der Waals surface area contributed by atoms with Gasteiger partial charge in [-0.3, -0.25) is 0 Å². The smallest absolute Gasteiger partial charge is 0.317 e. The van der Waals surface area contributed by atoms with Gasteiger partial charge in [0.05, 0.1) is 6.61 Å². The van der Waals surface area contributed by atoms with Crippen molar-refractivity contribution in [3.63, 3.8) is 0 Å². The van der Waals surface area contributed by atoms with Crippen LogP contribution in [0.3, 0.4) is 0 Å². The minimum absolute atomic E-state index is 0.131. The van der Waals surface area contributed by atoms with Crippen molar-refractivity contribution in [2.24, 2.45) is 11.8 Å². The van der Waals surface area contributed by atoms with Crippen LogP contribution in [0.1, 0.15) is 44.9 Å². The molecule has 0 aromatic heterocycles. The molecular weight excluding hydrogens is 240 g/mol. The first kappa shape index (κ1) is 13.2. The number of piperidine rings is 1. The van der Waals surface area contributed by atoms with Crippen LogP contribution < -0.4 is 5.32 Å². The average molecular weight is 266 g/mol. The van der Waals surface area contributed by atoms with Gasteiger partial charge in [0.1, 0.15) is 0 Å². The number of rotatable bonds is 5. The summed E-state index contributed by atoms with van der Waals surface area (Å²) in [5.41, 5.74) is 0. The number of likely N-dealkylation sites (tertiary alicyclic amines) is 1. The quantitative estimate of drug-likeness (QED) is 0.776. The van der Waals surface area contributed by atoms with Crippen molar-refractivity contribution < 1.29 is 9.53 Å². The molecule has 2 aliphatic carbocycles. The summed E-state index contributed by atoms with van der Waals surface area (Å²) in [6, 6.07) is 0.646. The van der Waals surface area contributed by atoms with Gasteiger partial charge in [0.2, 0.25) is 0 Å². The Morgan fingerprint density at radius 3 is 2.84 bits per heavy atom. The van der Waals surface area contributed by atoms with Crippen LogP contribution >= 0.6 is 0 Å². The van der Waals surface area contributed by atoms with Crippen molar-refractivity contribution in [1.82, 2.24) is 10.2 Å². The van der Waals surface area contributed by atoms with Crippen LogP contribution in [0.4, 0.5) is 4.79 Å². The maximum atomic E-state index is 12.2. The maximum absolute atomic E-state index is 12.2. The number of urea groups is 1. The minimum Gasteiger partial charge on any atom is -0.379 e. The molecule has 1 heterocycles. The van der Waals surface area contributed by atoms with Crippen LogP contribution in [0.5, 0.6) is 0 Å². The highest BCUT2D eigenvalue weighted by Gasteiger charge is 2.37. The molecule has 3 aliphatic rings. The van der Waals surface area contributed by atoms with Gasteiger partial charge in [0, 0.05) is 25.7 Å². The maximum Gasteiger partial charge on any atom is 0.317 e. The average Bonchev–Trinajstić information content (AvgIpc) is 3.12. The Balaban J connectivity index is 1.36. The number of hydrogen-bond donors (Lipinski definition) is 1. The standard InChI is InChI=1S/C15H26N2O2/c18-15(16-8-10-19-11-12-6-7-12)17-9-2-4-13-3-1-5-14(13)17/h12-14H,1-11H2,(H,16,18)/t13-,14+/m0/s1. The first-order valence-corrected chi connectivity index (χ1v) is 7.97. The number of carbonyl (C=O) groups excluding carboxylic acids is 1. The predicted octanol–water partition coefficient (Wildman–Crippen LogP) is 2.39. The molecule has 2 atom stereocenters. The zero-order valence-electron chi connectivity index (χ0n) is 11.8. The fourth-order valence-electron chi connectivity index (χ4n) is 3.57. The molecule has 1 aliphatic heterocycles. The second-order valence-electron chi connectivity index (χ2n) is 6.34. The van der Waals surface area contributed by atoms with Crippen molar-refractivity contribution in [3.05, 3.63) is 0 Å². The Hall–Kier alpha value is -0.770. The van der Waals surface area contributed by atoms with E-state index < -0.39 is 0 Å². The second kappa shape index (κ2) is 6.12. The third-order valence-electron chi connectivity index (χ3n) is 4.83. The number of nitrogens with zero attached hydrogens (tertiary/aromatic N) is 1. The fourth-order valence-corrected chi connectivity index (χ4v) is 3.57. The molecule has 1 saturated heterocycles. The van der Waals surface area contributed by atoms with E-state index in [2.05, 4.69) is 10.2 Å². The number of amides is 2. The number of nitrogens with one attached hydrogen (secondary N) is 1. The largest absolute Gasteiger partial charge is 0.379 e. The Bertz CT molecular complexity index is 317. The van der Waals surface area contributed by atoms with Crippen LogP contribution in [0.15, 0.2) is 0 Å². The Morgan fingerprint density at radius 1 is 1.16 bits per heavy atom. The lowest BCUT2D eigenvalue weighted by atomic mass is 9.92. The zero-order valence-corrected chi connectivity index (χ0v) is 11.8. The van der Waals surface area contributed by atoms with Crippen molar-refractivity contribution >= 4 is 6.03 Å². The summed E-state index contributed by atoms with van der Waals surface area (Å²) in [5, 5.41) is 3.02. The van der Waals surface area contributed by atoms with Gasteiger partial charge in [-0.25, -0.2) is 4.79 Å². The van der Waals surface area contributed by atoms with E-state index in [1.54, 1.807) is 0 Å². The third kappa shape index (κ3) is 3.41. The minimum atomic E-state index is 0.131. The molecule has 4 heteroatoms. The van der Waals surface area contributed by atoms with Crippen molar-refractivity contribution in [2.75, 3.05) is 26.3 Å². The first-order chi connectivity index (χ1) is 9.34. The predicted molar refractivity (Wildman–Crippen MR) is 74.0 cm³/mol. The van der Waals surface area contributed by atoms with Gasteiger partial charge in [0.25, 0.3) is 0 Å². The molecule has 0 unspecified atom stereocenters. The second-order valence-corrected chi connectivity index (χ2v) is 6.34. The summed E-state index contributed by atoms with van der Waals surface area (Å²) in [6.07, 6.45) is 8.96. The van der Waals surface area contributed by atoms with Gasteiger partial charge in [-0.15, -0.1) is 0 Å². The molecule has 3 fully saturated rings. The molecule has 0 bridgehead atoms. The highest BCUT2D eigenvalue weighted by atomic mass is 16.5. The summed E-state index contributed by atoms with van der Waals surface area (Å²) >= 11 is 0. The van der Waals surface area contributed by atoms with Gasteiger partial charge in [-0.1, -0.05) is 6.42 Å². The Morgan fingerprint density at radius 2 is 2.00 bits per heavy atom. The molecule has 0 radical (unpaired) electrons. The van der Waals surface area contributed by atoms with Gasteiger partial charge < -0.3 is 15.0 Å². The van der Waals surface area contributed by atoms with E-state index in [4.69, 9.17) is 4.74 Å². The molecule has 4 nitrogen and oxygen atoms in total. The van der Waals surface area contributed by atoms with Crippen molar-refractivity contribution in [1.29, 1.82) is 0 Å². The van der Waals surface area contributed by atoms with E-state index >= 15 is 0 Å². The molecule has 19 heavy (non-hydrogen) atoms. The highest BCUT2D eigenvalue weighted by molar-refractivity contribution is 5.74. The zero-order chi connectivity index (χ0) is 13.1. The monoisotopic (exact) mass is 266 g/mol. The van der Waals surface area contributed by atoms with E-state index in [0.717, 1.165) is 25.0 Å². The summed E-state index contributed by atoms with van der Waals surface area (Å²) in [5.74, 6) is 1.57. The van der Waals surface area contributed by atoms with E-state index in [1.807, 2.05) is 0 Å². The molecule has 0 aromatic carbocycles. The summed E-state index contributed by atoms with van der Waals surface area (Å²) in [6.45, 7) is 3.13. The van der Waals surface area contributed by atoms with E-state index in [1.165, 1.54) is 44.9 Å². The lowest BCUT2D eigenvalue weighted by molar-refractivity contribution is 0.112. The summed E-state index contributed by atoms with van der Waals surface area (Å²) in [7, 11) is 0. The summed E-state index contributed by atoms with van der Waals surface area (Å²) < 4.78 is 5.55. The van der Waals surface area contributed by atoms with Crippen LogP contribution in [0, 0.1) is 11.8 Å². The molecule has 0 aromatic rings. The van der Waals surface area contributed by atoms with Crippen LogP contribution in [-0.2, 0) is 4.74 Å². The van der Waals surface area contributed by atoms with Crippen molar-refractivity contribution in [3.8, 4) is 0 Å². The lowest BCUT2D eigenvalue weighted by Gasteiger charge is -2.37. The van der Waals surface area contributed by atoms with E-state index in [-0.39, 0.29) is 6.03 Å². The normalized spacial score (nSPS) is 30.2. The van der Waals surface area contributed by atoms with Gasteiger partial charge in [0.15, 0.2) is 0 Å². The van der Waals surface area contributed by atoms with E-state index in [0.29, 0.717) is 19.2 Å². The molecule has 0 spiro atoms. The van der Waals surface area contributed by atoms with Gasteiger partial charge >= 0.3 is 6.03 Å². The van der Waals surface area contributed by atoms with Crippen molar-refractivity contribution in [2.45, 2.75) is 51.0 Å². The number of hydrogen-bond acceptors (Lipinski definition) is 2. The van der Waals surface area contributed by atoms with Crippen LogP contribution in [0.25, 0.3) is 0 Å². The summed E-state index contributed by atoms with van der Waals surface area (Å²) in [4.78, 5) is 14.3. The third-order valence-corrected chi connectivity index (χ3v) is 4.83. The van der Waals surface area contributed by atoms with Gasteiger partial charge in [-0.05, 0) is 50.4 Å². The fraction of sp³-hybridized carbons (Fsp3) is 0.933.